The molecule has 0 atom stereocenters. The van der Waals surface area contributed by atoms with E-state index in [4.69, 9.17) is 23.2 Å². The van der Waals surface area contributed by atoms with Crippen LogP contribution < -0.4 is 0 Å². The predicted molar refractivity (Wildman–Crippen MR) is 64.8 cm³/mol. The predicted octanol–water partition coefficient (Wildman–Crippen LogP) is 2.81. The number of halogens is 2. The second kappa shape index (κ2) is 5.03. The van der Waals surface area contributed by atoms with Crippen molar-refractivity contribution in [3.63, 3.8) is 0 Å². The number of benzene rings is 1. The molecule has 0 fully saturated rings. The van der Waals surface area contributed by atoms with E-state index in [1.807, 2.05) is 12.1 Å². The second-order valence-electron chi connectivity index (χ2n) is 3.12. The zero-order valence-electron chi connectivity index (χ0n) is 8.39. The molecule has 0 aliphatic carbocycles. The molecule has 2 aromatic rings. The lowest BCUT2D eigenvalue weighted by molar-refractivity contribution is 0.664. The van der Waals surface area contributed by atoms with Crippen LogP contribution in [0, 0.1) is 0 Å². The van der Waals surface area contributed by atoms with E-state index >= 15 is 0 Å². The van der Waals surface area contributed by atoms with Gasteiger partial charge >= 0.3 is 0 Å². The smallest absolute Gasteiger partial charge is 0.209 e. The van der Waals surface area contributed by atoms with E-state index in [9.17, 15) is 0 Å². The summed E-state index contributed by atoms with van der Waals surface area (Å²) in [6.07, 6.45) is 0. The first-order chi connectivity index (χ1) is 7.66. The number of hydrogen-bond acceptors (Lipinski definition) is 4. The summed E-state index contributed by atoms with van der Waals surface area (Å²) >= 11 is 13.3. The fraction of sp³-hybridized carbons (Fsp3) is 0.222. The molecular formula is C9H8Cl2N4S. The molecule has 1 aromatic carbocycles. The minimum absolute atomic E-state index is 0.566. The number of tetrazole rings is 1. The van der Waals surface area contributed by atoms with Crippen molar-refractivity contribution in [2.75, 3.05) is 0 Å². The Hall–Kier alpha value is -0.780. The topological polar surface area (TPSA) is 43.6 Å². The third-order valence-electron chi connectivity index (χ3n) is 1.93. The lowest BCUT2D eigenvalue weighted by Crippen LogP contribution is -1.93. The first kappa shape index (κ1) is 11.7. The largest absolute Gasteiger partial charge is 0.224 e. The highest BCUT2D eigenvalue weighted by molar-refractivity contribution is 7.98. The zero-order chi connectivity index (χ0) is 11.5. The summed E-state index contributed by atoms with van der Waals surface area (Å²) in [5.74, 6) is 0.755. The molecule has 0 spiro atoms. The van der Waals surface area contributed by atoms with Crippen LogP contribution in [-0.2, 0) is 12.8 Å². The van der Waals surface area contributed by atoms with Gasteiger partial charge in [0.25, 0.3) is 0 Å². The van der Waals surface area contributed by atoms with Gasteiger partial charge in [-0.2, -0.15) is 0 Å². The summed E-state index contributed by atoms with van der Waals surface area (Å²) < 4.78 is 1.63. The minimum Gasteiger partial charge on any atom is -0.224 e. The number of hydrogen-bond donors (Lipinski definition) is 0. The van der Waals surface area contributed by atoms with Crippen LogP contribution in [0.3, 0.4) is 0 Å². The summed E-state index contributed by atoms with van der Waals surface area (Å²) in [5, 5.41) is 13.1. The number of aryl methyl sites for hydroxylation is 1. The van der Waals surface area contributed by atoms with Gasteiger partial charge in [-0.3, -0.25) is 0 Å². The fourth-order valence-electron chi connectivity index (χ4n) is 1.12. The lowest BCUT2D eigenvalue weighted by atomic mass is 10.2. The van der Waals surface area contributed by atoms with E-state index in [-0.39, 0.29) is 0 Å². The molecule has 0 radical (unpaired) electrons. The summed E-state index contributed by atoms with van der Waals surface area (Å²) in [6, 6.07) is 5.57. The molecule has 0 aliphatic rings. The van der Waals surface area contributed by atoms with Crippen LogP contribution in [0.25, 0.3) is 0 Å². The highest BCUT2D eigenvalue weighted by Gasteiger charge is 2.04. The zero-order valence-corrected chi connectivity index (χ0v) is 10.7. The van der Waals surface area contributed by atoms with Gasteiger partial charge in [-0.15, -0.1) is 5.10 Å². The molecule has 0 N–H and O–H groups in total. The molecule has 1 aromatic heterocycles. The molecule has 84 valence electrons. The Labute approximate surface area is 107 Å². The van der Waals surface area contributed by atoms with Crippen molar-refractivity contribution in [1.29, 1.82) is 0 Å². The molecule has 4 nitrogen and oxygen atoms in total. The SMILES string of the molecule is Cn1nnnc1SCc1ccc(Cl)c(Cl)c1. The number of thioether (sulfide) groups is 1. The molecular weight excluding hydrogens is 267 g/mol. The fourth-order valence-corrected chi connectivity index (χ4v) is 2.23. The van der Waals surface area contributed by atoms with E-state index in [2.05, 4.69) is 15.5 Å². The standard InChI is InChI=1S/C9H8Cl2N4S/c1-15-9(12-13-14-15)16-5-6-2-3-7(10)8(11)4-6/h2-4H,5H2,1H3. The Morgan fingerprint density at radius 2 is 2.12 bits per heavy atom. The van der Waals surface area contributed by atoms with Gasteiger partial charge in [0.2, 0.25) is 5.16 Å². The molecule has 0 aliphatic heterocycles. The summed E-state index contributed by atoms with van der Waals surface area (Å²) in [5.41, 5.74) is 1.09. The summed E-state index contributed by atoms with van der Waals surface area (Å²) in [4.78, 5) is 0. The van der Waals surface area contributed by atoms with Gasteiger partial charge in [0.1, 0.15) is 0 Å². The van der Waals surface area contributed by atoms with E-state index in [0.717, 1.165) is 16.5 Å². The van der Waals surface area contributed by atoms with Crippen LogP contribution in [0.15, 0.2) is 23.4 Å². The summed E-state index contributed by atoms with van der Waals surface area (Å²) in [7, 11) is 1.80. The minimum atomic E-state index is 0.566. The van der Waals surface area contributed by atoms with Crippen LogP contribution in [0.1, 0.15) is 5.56 Å². The van der Waals surface area contributed by atoms with Crippen LogP contribution in [0.5, 0.6) is 0 Å². The Morgan fingerprint density at radius 3 is 2.75 bits per heavy atom. The Balaban J connectivity index is 2.05. The Bertz CT molecular complexity index is 500. The van der Waals surface area contributed by atoms with Crippen molar-refractivity contribution in [3.05, 3.63) is 33.8 Å². The highest BCUT2D eigenvalue weighted by Crippen LogP contribution is 2.26. The monoisotopic (exact) mass is 274 g/mol. The highest BCUT2D eigenvalue weighted by atomic mass is 35.5. The molecule has 1 heterocycles. The van der Waals surface area contributed by atoms with Gasteiger partial charge in [0.05, 0.1) is 10.0 Å². The van der Waals surface area contributed by atoms with Crippen molar-refractivity contribution in [1.82, 2.24) is 20.2 Å². The average Bonchev–Trinajstić information content (AvgIpc) is 2.66. The van der Waals surface area contributed by atoms with Gasteiger partial charge in [-0.1, -0.05) is 41.0 Å². The molecule has 0 amide bonds. The van der Waals surface area contributed by atoms with E-state index in [0.29, 0.717) is 10.0 Å². The van der Waals surface area contributed by atoms with Crippen molar-refractivity contribution in [2.24, 2.45) is 7.05 Å². The maximum absolute atomic E-state index is 5.92. The van der Waals surface area contributed by atoms with Crippen molar-refractivity contribution in [2.45, 2.75) is 10.9 Å². The molecule has 0 saturated heterocycles. The number of nitrogens with zero attached hydrogens (tertiary/aromatic N) is 4. The molecule has 0 saturated carbocycles. The average molecular weight is 275 g/mol. The molecule has 16 heavy (non-hydrogen) atoms. The third-order valence-corrected chi connectivity index (χ3v) is 3.75. The number of rotatable bonds is 3. The van der Waals surface area contributed by atoms with Crippen LogP contribution in [0.4, 0.5) is 0 Å². The van der Waals surface area contributed by atoms with Gasteiger partial charge in [0.15, 0.2) is 0 Å². The quantitative estimate of drug-likeness (QED) is 0.808. The normalized spacial score (nSPS) is 10.7. The van der Waals surface area contributed by atoms with Gasteiger partial charge in [-0.05, 0) is 28.1 Å². The van der Waals surface area contributed by atoms with Gasteiger partial charge < -0.3 is 0 Å². The molecule has 2 rings (SSSR count). The Kier molecular flexibility index (Phi) is 3.68. The number of aromatic nitrogens is 4. The molecule has 0 bridgehead atoms. The summed E-state index contributed by atoms with van der Waals surface area (Å²) in [6.45, 7) is 0. The maximum Gasteiger partial charge on any atom is 0.209 e. The van der Waals surface area contributed by atoms with Crippen LogP contribution in [0.2, 0.25) is 10.0 Å². The second-order valence-corrected chi connectivity index (χ2v) is 4.88. The van der Waals surface area contributed by atoms with E-state index in [1.54, 1.807) is 29.6 Å². The first-order valence-corrected chi connectivity index (χ1v) is 6.20. The van der Waals surface area contributed by atoms with Gasteiger partial charge in [-0.25, -0.2) is 4.68 Å². The molecule has 0 unspecified atom stereocenters. The lowest BCUT2D eigenvalue weighted by Gasteiger charge is -2.02. The van der Waals surface area contributed by atoms with Crippen molar-refractivity contribution >= 4 is 35.0 Å². The first-order valence-electron chi connectivity index (χ1n) is 4.46. The van der Waals surface area contributed by atoms with E-state index < -0.39 is 0 Å². The Morgan fingerprint density at radius 1 is 1.31 bits per heavy atom. The maximum atomic E-state index is 5.92. The molecule has 7 heteroatoms. The van der Waals surface area contributed by atoms with E-state index in [1.165, 1.54) is 0 Å². The van der Waals surface area contributed by atoms with Crippen molar-refractivity contribution < 1.29 is 0 Å². The van der Waals surface area contributed by atoms with Crippen LogP contribution in [-0.4, -0.2) is 20.2 Å². The third kappa shape index (κ3) is 2.66. The van der Waals surface area contributed by atoms with Crippen LogP contribution >= 0.6 is 35.0 Å². The van der Waals surface area contributed by atoms with Crippen molar-refractivity contribution in [3.8, 4) is 0 Å². The van der Waals surface area contributed by atoms with Gasteiger partial charge in [0, 0.05) is 12.8 Å².